The van der Waals surface area contributed by atoms with E-state index in [1.807, 2.05) is 0 Å². The summed E-state index contributed by atoms with van der Waals surface area (Å²) in [6.07, 6.45) is 1.21. The summed E-state index contributed by atoms with van der Waals surface area (Å²) in [7, 11) is 1.31. The summed E-state index contributed by atoms with van der Waals surface area (Å²) in [6.45, 7) is 4.69. The molecule has 1 aromatic carbocycles. The molecule has 0 amide bonds. The number of hydrogen-bond acceptors (Lipinski definition) is 7. The van der Waals surface area contributed by atoms with Gasteiger partial charge in [0.2, 0.25) is 0 Å². The molecule has 0 saturated carbocycles. The zero-order valence-electron chi connectivity index (χ0n) is 13.3. The Morgan fingerprint density at radius 1 is 1.22 bits per heavy atom. The highest BCUT2D eigenvalue weighted by atomic mass is 16.7. The highest BCUT2D eigenvalue weighted by Gasteiger charge is 2.38. The number of aryl methyl sites for hydroxylation is 1. The molecule has 1 aliphatic rings. The van der Waals surface area contributed by atoms with Crippen molar-refractivity contribution in [3.05, 3.63) is 41.1 Å². The molecule has 1 saturated heterocycles. The summed E-state index contributed by atoms with van der Waals surface area (Å²) in [5, 5.41) is 2.81. The van der Waals surface area contributed by atoms with Crippen molar-refractivity contribution in [3.8, 4) is 0 Å². The zero-order valence-corrected chi connectivity index (χ0v) is 13.3. The van der Waals surface area contributed by atoms with Crippen molar-refractivity contribution in [1.29, 1.82) is 0 Å². The average molecular weight is 319 g/mol. The minimum absolute atomic E-state index is 0.237. The summed E-state index contributed by atoms with van der Waals surface area (Å²) in [6, 6.07) is 4.90. The number of anilines is 1. The summed E-state index contributed by atoms with van der Waals surface area (Å²) >= 11 is 0. The highest BCUT2D eigenvalue weighted by molar-refractivity contribution is 6.15. The number of carbonyl (C=O) groups excluding carboxylic acids is 3. The van der Waals surface area contributed by atoms with Crippen molar-refractivity contribution in [2.45, 2.75) is 26.6 Å². The van der Waals surface area contributed by atoms with Crippen LogP contribution >= 0.6 is 0 Å². The number of benzene rings is 1. The molecule has 2 rings (SSSR count). The number of ether oxygens (including phenoxy) is 3. The summed E-state index contributed by atoms with van der Waals surface area (Å²) in [4.78, 5) is 35.1. The van der Waals surface area contributed by atoms with Crippen molar-refractivity contribution in [1.82, 2.24) is 0 Å². The van der Waals surface area contributed by atoms with Gasteiger partial charge in [-0.2, -0.15) is 0 Å². The zero-order chi connectivity index (χ0) is 17.2. The molecule has 1 aliphatic heterocycles. The second-order valence-electron chi connectivity index (χ2n) is 5.40. The molecule has 1 fully saturated rings. The van der Waals surface area contributed by atoms with Crippen LogP contribution in [0.5, 0.6) is 0 Å². The molecule has 0 radical (unpaired) electrons. The summed E-state index contributed by atoms with van der Waals surface area (Å²) in [5.41, 5.74) is 1.48. The Labute approximate surface area is 133 Å². The monoisotopic (exact) mass is 319 g/mol. The summed E-state index contributed by atoms with van der Waals surface area (Å²) < 4.78 is 14.6. The van der Waals surface area contributed by atoms with Crippen molar-refractivity contribution < 1.29 is 28.6 Å². The van der Waals surface area contributed by atoms with E-state index in [2.05, 4.69) is 10.1 Å². The molecule has 0 spiro atoms. The van der Waals surface area contributed by atoms with Crippen LogP contribution in [0.15, 0.2) is 30.0 Å². The van der Waals surface area contributed by atoms with Crippen LogP contribution in [0.25, 0.3) is 0 Å². The van der Waals surface area contributed by atoms with Crippen molar-refractivity contribution in [3.63, 3.8) is 0 Å². The Morgan fingerprint density at radius 2 is 1.83 bits per heavy atom. The molecular weight excluding hydrogens is 302 g/mol. The molecule has 0 unspecified atom stereocenters. The number of hydrogen-bond donors (Lipinski definition) is 1. The van der Waals surface area contributed by atoms with Gasteiger partial charge in [0.05, 0.1) is 12.7 Å². The van der Waals surface area contributed by atoms with Gasteiger partial charge < -0.3 is 19.5 Å². The van der Waals surface area contributed by atoms with E-state index in [9.17, 15) is 14.4 Å². The van der Waals surface area contributed by atoms with E-state index in [4.69, 9.17) is 9.47 Å². The van der Waals surface area contributed by atoms with Crippen molar-refractivity contribution in [2.24, 2.45) is 0 Å². The van der Waals surface area contributed by atoms with Gasteiger partial charge in [-0.3, -0.25) is 0 Å². The molecule has 1 heterocycles. The van der Waals surface area contributed by atoms with Gasteiger partial charge in [-0.15, -0.1) is 0 Å². The van der Waals surface area contributed by atoms with Crippen LogP contribution in [0.1, 0.15) is 29.8 Å². The number of cyclic esters (lactones) is 2. The quantitative estimate of drug-likeness (QED) is 0.517. The minimum Gasteiger partial charge on any atom is -0.465 e. The van der Waals surface area contributed by atoms with Crippen LogP contribution in [0.2, 0.25) is 0 Å². The second-order valence-corrected chi connectivity index (χ2v) is 5.40. The third-order valence-electron chi connectivity index (χ3n) is 3.13. The highest BCUT2D eigenvalue weighted by Crippen LogP contribution is 2.23. The van der Waals surface area contributed by atoms with Crippen LogP contribution in [0, 0.1) is 6.92 Å². The van der Waals surface area contributed by atoms with Gasteiger partial charge >= 0.3 is 17.9 Å². The predicted octanol–water partition coefficient (Wildman–Crippen LogP) is 1.91. The molecule has 23 heavy (non-hydrogen) atoms. The third-order valence-corrected chi connectivity index (χ3v) is 3.13. The molecule has 1 N–H and O–H groups in total. The van der Waals surface area contributed by atoms with Gasteiger partial charge in [0.25, 0.3) is 5.79 Å². The van der Waals surface area contributed by atoms with Crippen LogP contribution < -0.4 is 5.32 Å². The van der Waals surface area contributed by atoms with Gasteiger partial charge in [-0.05, 0) is 30.7 Å². The lowest BCUT2D eigenvalue weighted by atomic mass is 10.1. The normalized spacial score (nSPS) is 16.3. The topological polar surface area (TPSA) is 90.9 Å². The number of esters is 3. The van der Waals surface area contributed by atoms with E-state index >= 15 is 0 Å². The van der Waals surface area contributed by atoms with E-state index in [1.165, 1.54) is 27.2 Å². The maximum atomic E-state index is 11.8. The molecule has 0 aliphatic carbocycles. The molecular formula is C16H17NO6. The van der Waals surface area contributed by atoms with Crippen LogP contribution in [0.4, 0.5) is 5.69 Å². The number of rotatable bonds is 3. The van der Waals surface area contributed by atoms with Gasteiger partial charge in [-0.25, -0.2) is 14.4 Å². The Kier molecular flexibility index (Phi) is 4.40. The van der Waals surface area contributed by atoms with E-state index in [0.717, 1.165) is 0 Å². The van der Waals surface area contributed by atoms with Gasteiger partial charge in [0.15, 0.2) is 5.57 Å². The van der Waals surface area contributed by atoms with Crippen LogP contribution in [-0.2, 0) is 23.8 Å². The Bertz CT molecular complexity index is 683. The van der Waals surface area contributed by atoms with Crippen LogP contribution in [-0.4, -0.2) is 30.8 Å². The van der Waals surface area contributed by atoms with Crippen molar-refractivity contribution >= 4 is 23.6 Å². The fraction of sp³-hybridized carbons (Fsp3) is 0.312. The Morgan fingerprint density at radius 3 is 2.35 bits per heavy atom. The van der Waals surface area contributed by atoms with Gasteiger partial charge in [-0.1, -0.05) is 0 Å². The maximum absolute atomic E-state index is 11.8. The maximum Gasteiger partial charge on any atom is 0.350 e. The van der Waals surface area contributed by atoms with Crippen LogP contribution in [0.3, 0.4) is 0 Å². The fourth-order valence-electron chi connectivity index (χ4n) is 2.03. The average Bonchev–Trinajstić information content (AvgIpc) is 2.44. The largest absolute Gasteiger partial charge is 0.465 e. The van der Waals surface area contributed by atoms with Crippen molar-refractivity contribution in [2.75, 3.05) is 12.4 Å². The number of methoxy groups -OCH3 is 1. The van der Waals surface area contributed by atoms with E-state index in [0.29, 0.717) is 16.8 Å². The number of nitrogens with one attached hydrogen (secondary N) is 1. The lowest BCUT2D eigenvalue weighted by molar-refractivity contribution is -0.222. The molecule has 0 aromatic heterocycles. The SMILES string of the molecule is COC(=O)c1ccc(NC=C2C(=O)OC(C)(C)OC2=O)cc1C. The second kappa shape index (κ2) is 6.12. The smallest absolute Gasteiger partial charge is 0.350 e. The van der Waals surface area contributed by atoms with Gasteiger partial charge in [0, 0.05) is 25.7 Å². The summed E-state index contributed by atoms with van der Waals surface area (Å²) in [5.74, 6) is -3.23. The minimum atomic E-state index is -1.27. The first kappa shape index (κ1) is 16.5. The molecule has 7 heteroatoms. The first-order valence-corrected chi connectivity index (χ1v) is 6.86. The lowest BCUT2D eigenvalue weighted by Gasteiger charge is -2.29. The molecule has 122 valence electrons. The van der Waals surface area contributed by atoms with E-state index in [1.54, 1.807) is 25.1 Å². The Balaban J connectivity index is 2.17. The molecule has 1 aromatic rings. The lowest BCUT2D eigenvalue weighted by Crippen LogP contribution is -2.42. The Hall–Kier alpha value is -2.83. The first-order chi connectivity index (χ1) is 10.7. The molecule has 0 atom stereocenters. The molecule has 7 nitrogen and oxygen atoms in total. The van der Waals surface area contributed by atoms with Gasteiger partial charge in [0.1, 0.15) is 0 Å². The first-order valence-electron chi connectivity index (χ1n) is 6.86. The molecule has 0 bridgehead atoms. The predicted molar refractivity (Wildman–Crippen MR) is 80.5 cm³/mol. The number of carbonyl (C=O) groups is 3. The fourth-order valence-corrected chi connectivity index (χ4v) is 2.03. The van der Waals surface area contributed by atoms with E-state index in [-0.39, 0.29) is 5.57 Å². The van der Waals surface area contributed by atoms with E-state index < -0.39 is 23.7 Å². The standard InChI is InChI=1S/C16H17NO6/c1-9-7-10(5-6-11(9)13(18)21-4)17-8-12-14(19)22-16(2,3)23-15(12)20/h5-8,17H,1-4H3. The third kappa shape index (κ3) is 3.68.